The summed E-state index contributed by atoms with van der Waals surface area (Å²) in [4.78, 5) is 64.7. The first-order valence-electron chi connectivity index (χ1n) is 13.6. The van der Waals surface area contributed by atoms with Gasteiger partial charge in [0.2, 0.25) is 17.6 Å². The Kier molecular flexibility index (Phi) is 8.41. The zero-order valence-corrected chi connectivity index (χ0v) is 24.2. The molecular weight excluding hydrogens is 560 g/mol. The Labute approximate surface area is 246 Å². The summed E-state index contributed by atoms with van der Waals surface area (Å²) in [5.41, 5.74) is 0.994. The van der Waals surface area contributed by atoms with Crippen molar-refractivity contribution >= 4 is 47.2 Å². The van der Waals surface area contributed by atoms with Crippen molar-refractivity contribution in [3.8, 4) is 11.5 Å². The van der Waals surface area contributed by atoms with E-state index < -0.39 is 11.9 Å². The van der Waals surface area contributed by atoms with Crippen molar-refractivity contribution in [3.63, 3.8) is 0 Å². The van der Waals surface area contributed by atoms with E-state index in [9.17, 15) is 19.2 Å². The number of ether oxygens (including phenoxy) is 3. The van der Waals surface area contributed by atoms with Crippen molar-refractivity contribution in [1.82, 2.24) is 24.0 Å². The molecule has 1 atom stereocenters. The van der Waals surface area contributed by atoms with Gasteiger partial charge in [0.15, 0.2) is 23.1 Å². The number of nitrogens with zero attached hydrogens (tertiary/aromatic N) is 6. The molecule has 226 valence electrons. The lowest BCUT2D eigenvalue weighted by molar-refractivity contribution is -0.116. The lowest BCUT2D eigenvalue weighted by Gasteiger charge is -2.20. The second kappa shape index (κ2) is 12.3. The maximum atomic E-state index is 13.0. The summed E-state index contributed by atoms with van der Waals surface area (Å²) in [6, 6.07) is 3.34. The van der Waals surface area contributed by atoms with Crippen LogP contribution in [0.3, 0.4) is 0 Å². The molecule has 15 heteroatoms. The Bertz CT molecular complexity index is 1610. The third-order valence-corrected chi connectivity index (χ3v) is 7.10. The molecule has 2 aliphatic rings. The molecule has 1 saturated heterocycles. The lowest BCUT2D eigenvalue weighted by Crippen LogP contribution is -2.35. The number of fused-ring (bicyclic) bond motifs is 2. The maximum Gasteiger partial charge on any atom is 0.374 e. The zero-order chi connectivity index (χ0) is 30.7. The number of nitrogens with one attached hydrogen (secondary N) is 2. The standard InChI is InChI=1S/C28H32N8O7/c1-34-14-21(31-24(34)26(38)33-22-15-35(2)25(32-22)28(40)42-4)30-23(37)8-6-10-43-20-12-18-17(11-19(20)41-3)27(39)36-9-5-7-16(36)13-29-18/h11-16H,5-10H2,1-4H3,(H,30,37)(H,33,38)/t16-/m0/s1. The average molecular weight is 593 g/mol. The van der Waals surface area contributed by atoms with Crippen molar-refractivity contribution in [3.05, 3.63) is 41.7 Å². The fraction of sp³-hybridized carbons (Fsp3) is 0.393. The van der Waals surface area contributed by atoms with Crippen LogP contribution in [-0.4, -0.2) is 87.3 Å². The van der Waals surface area contributed by atoms with Gasteiger partial charge in [-0.05, 0) is 25.3 Å². The van der Waals surface area contributed by atoms with Gasteiger partial charge >= 0.3 is 5.97 Å². The van der Waals surface area contributed by atoms with E-state index in [1.165, 1.54) is 35.7 Å². The molecule has 2 N–H and O–H groups in total. The number of carbonyl (C=O) groups excluding carboxylic acids is 4. The number of amides is 3. The Morgan fingerprint density at radius 1 is 1.00 bits per heavy atom. The summed E-state index contributed by atoms with van der Waals surface area (Å²) in [6.07, 6.45) is 7.14. The quantitative estimate of drug-likeness (QED) is 0.265. The number of rotatable bonds is 10. The van der Waals surface area contributed by atoms with Crippen LogP contribution in [0.5, 0.6) is 11.5 Å². The van der Waals surface area contributed by atoms with Crippen LogP contribution in [-0.2, 0) is 23.6 Å². The maximum absolute atomic E-state index is 13.0. The summed E-state index contributed by atoms with van der Waals surface area (Å²) in [6.45, 7) is 0.914. The minimum Gasteiger partial charge on any atom is -0.493 e. The van der Waals surface area contributed by atoms with Crippen LogP contribution in [0.2, 0.25) is 0 Å². The number of methoxy groups -OCH3 is 2. The monoisotopic (exact) mass is 592 g/mol. The normalized spacial score (nSPS) is 15.4. The highest BCUT2D eigenvalue weighted by molar-refractivity contribution is 6.04. The van der Waals surface area contributed by atoms with Crippen molar-refractivity contribution in [2.45, 2.75) is 31.7 Å². The van der Waals surface area contributed by atoms with E-state index in [1.54, 1.807) is 26.2 Å². The molecule has 1 aromatic carbocycles. The number of hydrogen-bond acceptors (Lipinski definition) is 10. The van der Waals surface area contributed by atoms with Crippen molar-refractivity contribution < 1.29 is 33.4 Å². The van der Waals surface area contributed by atoms with Gasteiger partial charge in [-0.15, -0.1) is 0 Å². The van der Waals surface area contributed by atoms with E-state index in [-0.39, 0.29) is 54.2 Å². The van der Waals surface area contributed by atoms with Gasteiger partial charge in [0.1, 0.15) is 0 Å². The first kappa shape index (κ1) is 29.3. The van der Waals surface area contributed by atoms with Crippen LogP contribution < -0.4 is 20.1 Å². The largest absolute Gasteiger partial charge is 0.493 e. The highest BCUT2D eigenvalue weighted by Crippen LogP contribution is 2.38. The number of anilines is 2. The molecular formula is C28H32N8O7. The molecule has 3 aromatic rings. The van der Waals surface area contributed by atoms with Crippen molar-refractivity contribution in [2.75, 3.05) is 38.0 Å². The fourth-order valence-corrected chi connectivity index (χ4v) is 4.96. The second-order valence-electron chi connectivity index (χ2n) is 10.1. The molecule has 0 spiro atoms. The highest BCUT2D eigenvalue weighted by Gasteiger charge is 2.32. The lowest BCUT2D eigenvalue weighted by atomic mass is 10.1. The molecule has 4 heterocycles. The second-order valence-corrected chi connectivity index (χ2v) is 10.1. The summed E-state index contributed by atoms with van der Waals surface area (Å²) in [5, 5.41) is 5.25. The predicted molar refractivity (Wildman–Crippen MR) is 154 cm³/mol. The van der Waals surface area contributed by atoms with Crippen LogP contribution in [0.1, 0.15) is 57.3 Å². The first-order chi connectivity index (χ1) is 20.7. The van der Waals surface area contributed by atoms with Gasteiger partial charge in [0, 0.05) is 51.7 Å². The number of aromatic nitrogens is 4. The van der Waals surface area contributed by atoms with Crippen molar-refractivity contribution in [2.24, 2.45) is 19.1 Å². The summed E-state index contributed by atoms with van der Waals surface area (Å²) in [7, 11) is 5.94. The van der Waals surface area contributed by atoms with Gasteiger partial charge in [0.05, 0.1) is 38.1 Å². The molecule has 5 rings (SSSR count). The van der Waals surface area contributed by atoms with Crippen LogP contribution in [0.4, 0.5) is 17.3 Å². The number of esters is 1. The topological polar surface area (TPSA) is 171 Å². The number of aliphatic imine (C=N–C) groups is 1. The number of carbonyl (C=O) groups is 4. The van der Waals surface area contributed by atoms with Crippen LogP contribution in [0.25, 0.3) is 0 Å². The van der Waals surface area contributed by atoms with Crippen LogP contribution >= 0.6 is 0 Å². The van der Waals surface area contributed by atoms with Gasteiger partial charge in [0.25, 0.3) is 11.8 Å². The van der Waals surface area contributed by atoms with Gasteiger partial charge in [-0.2, -0.15) is 0 Å². The number of benzene rings is 1. The SMILES string of the molecule is COC(=O)c1nc(NC(=O)c2nc(NC(=O)CCCOc3cc4c(cc3OC)C(=O)N3CCC[C@H]3C=N4)cn2C)cn1C. The number of imidazole rings is 2. The Hall–Kier alpha value is -5.21. The molecule has 3 amide bonds. The summed E-state index contributed by atoms with van der Waals surface area (Å²) < 4.78 is 18.9. The third kappa shape index (κ3) is 6.19. The zero-order valence-electron chi connectivity index (χ0n) is 24.2. The molecule has 0 aliphatic carbocycles. The van der Waals surface area contributed by atoms with Crippen LogP contribution in [0.15, 0.2) is 29.5 Å². The van der Waals surface area contributed by atoms with E-state index in [2.05, 4.69) is 30.3 Å². The molecule has 0 radical (unpaired) electrons. The van der Waals surface area contributed by atoms with E-state index >= 15 is 0 Å². The van der Waals surface area contributed by atoms with Gasteiger partial charge in [-0.25, -0.2) is 14.8 Å². The average Bonchev–Trinajstić information content (AvgIpc) is 3.69. The molecule has 2 aromatic heterocycles. The van der Waals surface area contributed by atoms with Crippen molar-refractivity contribution in [1.29, 1.82) is 0 Å². The summed E-state index contributed by atoms with van der Waals surface area (Å²) >= 11 is 0. The summed E-state index contributed by atoms with van der Waals surface area (Å²) in [5.74, 6) is -0.361. The van der Waals surface area contributed by atoms with Gasteiger partial charge in [-0.3, -0.25) is 19.4 Å². The Balaban J connectivity index is 1.14. The van der Waals surface area contributed by atoms with E-state index in [0.29, 0.717) is 35.7 Å². The molecule has 0 unspecified atom stereocenters. The minimum absolute atomic E-state index is 0.000423. The molecule has 2 aliphatic heterocycles. The van der Waals surface area contributed by atoms with Crippen LogP contribution in [0, 0.1) is 0 Å². The number of aryl methyl sites for hydroxylation is 2. The molecule has 0 bridgehead atoms. The highest BCUT2D eigenvalue weighted by atomic mass is 16.5. The smallest absolute Gasteiger partial charge is 0.374 e. The third-order valence-electron chi connectivity index (χ3n) is 7.10. The van der Waals surface area contributed by atoms with Gasteiger partial charge in [-0.1, -0.05) is 0 Å². The molecule has 0 saturated carbocycles. The van der Waals surface area contributed by atoms with Gasteiger partial charge < -0.3 is 38.9 Å². The van der Waals surface area contributed by atoms with E-state index in [0.717, 1.165) is 12.8 Å². The molecule has 15 nitrogen and oxygen atoms in total. The fourth-order valence-electron chi connectivity index (χ4n) is 4.96. The Morgan fingerprint density at radius 3 is 2.47 bits per heavy atom. The number of hydrogen-bond donors (Lipinski definition) is 2. The molecule has 1 fully saturated rings. The van der Waals surface area contributed by atoms with E-state index in [4.69, 9.17) is 9.47 Å². The predicted octanol–water partition coefficient (Wildman–Crippen LogP) is 2.32. The first-order valence-corrected chi connectivity index (χ1v) is 13.6. The Morgan fingerprint density at radius 2 is 1.72 bits per heavy atom. The van der Waals surface area contributed by atoms with E-state index in [1.807, 2.05) is 11.1 Å². The minimum atomic E-state index is -0.640. The molecule has 43 heavy (non-hydrogen) atoms.